The third-order valence-electron chi connectivity index (χ3n) is 3.65. The summed E-state index contributed by atoms with van der Waals surface area (Å²) in [4.78, 5) is 6.92. The molecule has 0 aromatic carbocycles. The monoisotopic (exact) mass is 306 g/mol. The minimum absolute atomic E-state index is 0.798. The lowest BCUT2D eigenvalue weighted by Crippen LogP contribution is -2.21. The summed E-state index contributed by atoms with van der Waals surface area (Å²) in [5.41, 5.74) is 0. The van der Waals surface area contributed by atoms with E-state index < -0.39 is 0 Å². The van der Waals surface area contributed by atoms with Crippen molar-refractivity contribution in [1.29, 1.82) is 0 Å². The van der Waals surface area contributed by atoms with Crippen LogP contribution in [0.5, 0.6) is 0 Å². The van der Waals surface area contributed by atoms with Crippen molar-refractivity contribution in [2.45, 2.75) is 45.4 Å². The average Bonchev–Trinajstić information content (AvgIpc) is 2.96. The lowest BCUT2D eigenvalue weighted by molar-refractivity contribution is 0.276. The molecule has 0 bridgehead atoms. The maximum atomic E-state index is 3.59. The number of hydrogen-bond donors (Lipinski definition) is 1. The lowest BCUT2D eigenvalue weighted by atomic mass is 10.3. The highest BCUT2D eigenvalue weighted by Gasteiger charge is 2.20. The first-order chi connectivity index (χ1) is 9.83. The zero-order valence-corrected chi connectivity index (χ0v) is 13.6. The van der Waals surface area contributed by atoms with Crippen LogP contribution >= 0.6 is 22.7 Å². The second-order valence-electron chi connectivity index (χ2n) is 5.41. The molecule has 0 aliphatic heterocycles. The van der Waals surface area contributed by atoms with E-state index in [-0.39, 0.29) is 0 Å². The predicted octanol–water partition coefficient (Wildman–Crippen LogP) is 4.08. The molecule has 2 aromatic heterocycles. The Morgan fingerprint density at radius 2 is 1.95 bits per heavy atom. The molecule has 1 aliphatic carbocycles. The van der Waals surface area contributed by atoms with Crippen molar-refractivity contribution in [3.05, 3.63) is 44.3 Å². The topological polar surface area (TPSA) is 15.3 Å². The van der Waals surface area contributed by atoms with Crippen LogP contribution in [0.2, 0.25) is 0 Å². The number of hydrogen-bond acceptors (Lipinski definition) is 4. The van der Waals surface area contributed by atoms with Gasteiger partial charge in [-0.3, -0.25) is 4.90 Å². The van der Waals surface area contributed by atoms with E-state index in [1.165, 1.54) is 27.5 Å². The van der Waals surface area contributed by atoms with Gasteiger partial charge in [-0.05, 0) is 43.0 Å². The van der Waals surface area contributed by atoms with E-state index in [0.29, 0.717) is 0 Å². The maximum Gasteiger partial charge on any atom is 0.0331 e. The van der Waals surface area contributed by atoms with Gasteiger partial charge in [-0.25, -0.2) is 0 Å². The van der Waals surface area contributed by atoms with E-state index >= 15 is 0 Å². The van der Waals surface area contributed by atoms with Crippen molar-refractivity contribution < 1.29 is 0 Å². The van der Waals surface area contributed by atoms with Gasteiger partial charge in [0.1, 0.15) is 0 Å². The van der Waals surface area contributed by atoms with Gasteiger partial charge in [-0.1, -0.05) is 13.0 Å². The van der Waals surface area contributed by atoms with Crippen molar-refractivity contribution in [2.24, 2.45) is 0 Å². The van der Waals surface area contributed by atoms with Crippen LogP contribution < -0.4 is 5.32 Å². The molecular formula is C16H22N2S2. The minimum atomic E-state index is 0.798. The van der Waals surface area contributed by atoms with Crippen LogP contribution in [-0.4, -0.2) is 17.5 Å². The molecule has 0 atom stereocenters. The highest BCUT2D eigenvalue weighted by molar-refractivity contribution is 7.12. The van der Waals surface area contributed by atoms with Gasteiger partial charge in [-0.15, -0.1) is 22.7 Å². The van der Waals surface area contributed by atoms with Crippen LogP contribution in [-0.2, 0) is 19.6 Å². The molecule has 1 fully saturated rings. The molecule has 1 N–H and O–H groups in total. The summed E-state index contributed by atoms with van der Waals surface area (Å²) in [5.74, 6) is 0. The van der Waals surface area contributed by atoms with Crippen LogP contribution in [0.1, 0.15) is 34.4 Å². The van der Waals surface area contributed by atoms with Gasteiger partial charge in [0.15, 0.2) is 0 Å². The molecule has 108 valence electrons. The second kappa shape index (κ2) is 6.85. The molecular weight excluding hydrogens is 284 g/mol. The van der Waals surface area contributed by atoms with E-state index in [2.05, 4.69) is 46.8 Å². The van der Waals surface area contributed by atoms with E-state index in [1.807, 2.05) is 22.7 Å². The lowest BCUT2D eigenvalue weighted by Gasteiger charge is -2.18. The molecule has 3 rings (SSSR count). The molecule has 0 radical (unpaired) electrons. The SMILES string of the molecule is CCN(Cc1cccs1)Cc1ccc(CNC2CC2)s1. The molecule has 0 unspecified atom stereocenters. The van der Waals surface area contributed by atoms with Gasteiger partial charge in [0.2, 0.25) is 0 Å². The normalized spacial score (nSPS) is 15.1. The average molecular weight is 307 g/mol. The Kier molecular flexibility index (Phi) is 4.89. The molecule has 2 aromatic rings. The molecule has 0 amide bonds. The Morgan fingerprint density at radius 3 is 2.65 bits per heavy atom. The number of rotatable bonds is 8. The second-order valence-corrected chi connectivity index (χ2v) is 7.69. The van der Waals surface area contributed by atoms with Gasteiger partial charge in [0, 0.05) is 40.3 Å². The summed E-state index contributed by atoms with van der Waals surface area (Å²) in [6.45, 7) is 6.54. The van der Waals surface area contributed by atoms with E-state index in [0.717, 1.165) is 32.2 Å². The summed E-state index contributed by atoms with van der Waals surface area (Å²) in [6.07, 6.45) is 2.73. The van der Waals surface area contributed by atoms with E-state index in [9.17, 15) is 0 Å². The van der Waals surface area contributed by atoms with Gasteiger partial charge in [0.05, 0.1) is 0 Å². The number of nitrogens with one attached hydrogen (secondary N) is 1. The zero-order valence-electron chi connectivity index (χ0n) is 12.0. The Hall–Kier alpha value is -0.680. The first kappa shape index (κ1) is 14.3. The van der Waals surface area contributed by atoms with Gasteiger partial charge in [0.25, 0.3) is 0 Å². The third-order valence-corrected chi connectivity index (χ3v) is 5.58. The molecule has 0 spiro atoms. The first-order valence-corrected chi connectivity index (χ1v) is 9.09. The molecule has 1 saturated carbocycles. The Bertz CT molecular complexity index is 514. The summed E-state index contributed by atoms with van der Waals surface area (Å²) >= 11 is 3.81. The smallest absolute Gasteiger partial charge is 0.0331 e. The van der Waals surface area contributed by atoms with Crippen molar-refractivity contribution in [3.8, 4) is 0 Å². The summed E-state index contributed by atoms with van der Waals surface area (Å²) < 4.78 is 0. The fraction of sp³-hybridized carbons (Fsp3) is 0.500. The number of nitrogens with zero attached hydrogens (tertiary/aromatic N) is 1. The van der Waals surface area contributed by atoms with Crippen LogP contribution in [0.15, 0.2) is 29.6 Å². The largest absolute Gasteiger partial charge is 0.309 e. The molecule has 20 heavy (non-hydrogen) atoms. The van der Waals surface area contributed by atoms with Crippen LogP contribution in [0.4, 0.5) is 0 Å². The Morgan fingerprint density at radius 1 is 1.15 bits per heavy atom. The fourth-order valence-corrected chi connectivity index (χ4v) is 4.02. The highest BCUT2D eigenvalue weighted by atomic mass is 32.1. The summed E-state index contributed by atoms with van der Waals surface area (Å²) in [6, 6.07) is 9.75. The van der Waals surface area contributed by atoms with Crippen molar-refractivity contribution in [3.63, 3.8) is 0 Å². The first-order valence-electron chi connectivity index (χ1n) is 7.39. The summed E-state index contributed by atoms with van der Waals surface area (Å²) in [7, 11) is 0. The van der Waals surface area contributed by atoms with Crippen molar-refractivity contribution in [1.82, 2.24) is 10.2 Å². The van der Waals surface area contributed by atoms with Gasteiger partial charge in [-0.2, -0.15) is 0 Å². The zero-order chi connectivity index (χ0) is 13.8. The maximum absolute atomic E-state index is 3.59. The molecule has 2 heterocycles. The Balaban J connectivity index is 1.52. The molecule has 4 heteroatoms. The Labute approximate surface area is 129 Å². The quantitative estimate of drug-likeness (QED) is 0.790. The van der Waals surface area contributed by atoms with E-state index in [1.54, 1.807) is 0 Å². The number of thiophene rings is 2. The molecule has 0 saturated heterocycles. The summed E-state index contributed by atoms with van der Waals surface area (Å²) in [5, 5.41) is 5.75. The van der Waals surface area contributed by atoms with Crippen molar-refractivity contribution in [2.75, 3.05) is 6.54 Å². The highest BCUT2D eigenvalue weighted by Crippen LogP contribution is 2.23. The minimum Gasteiger partial charge on any atom is -0.309 e. The van der Waals surface area contributed by atoms with E-state index in [4.69, 9.17) is 0 Å². The predicted molar refractivity (Wildman–Crippen MR) is 88.3 cm³/mol. The van der Waals surface area contributed by atoms with Crippen LogP contribution in [0, 0.1) is 0 Å². The fourth-order valence-electron chi connectivity index (χ4n) is 2.26. The van der Waals surface area contributed by atoms with Crippen LogP contribution in [0.3, 0.4) is 0 Å². The van der Waals surface area contributed by atoms with Crippen LogP contribution in [0.25, 0.3) is 0 Å². The molecule has 1 aliphatic rings. The third kappa shape index (κ3) is 4.16. The van der Waals surface area contributed by atoms with Gasteiger partial charge < -0.3 is 5.32 Å². The van der Waals surface area contributed by atoms with Crippen molar-refractivity contribution >= 4 is 22.7 Å². The molecule has 2 nitrogen and oxygen atoms in total. The van der Waals surface area contributed by atoms with Gasteiger partial charge >= 0.3 is 0 Å². The standard InChI is InChI=1S/C16H22N2S2/c1-2-18(11-15-4-3-9-19-15)12-16-8-7-14(20-16)10-17-13-5-6-13/h3-4,7-9,13,17H,2,5-6,10-12H2,1H3.